The molecular formula is C17H23N3O. The minimum absolute atomic E-state index is 0.176. The van der Waals surface area contributed by atoms with Gasteiger partial charge in [0.1, 0.15) is 0 Å². The summed E-state index contributed by atoms with van der Waals surface area (Å²) >= 11 is 0. The van der Waals surface area contributed by atoms with E-state index in [9.17, 15) is 0 Å². The van der Waals surface area contributed by atoms with Gasteiger partial charge in [-0.1, -0.05) is 42.4 Å². The fourth-order valence-electron chi connectivity index (χ4n) is 3.10. The van der Waals surface area contributed by atoms with Gasteiger partial charge in [-0.2, -0.15) is 4.98 Å². The van der Waals surface area contributed by atoms with Crippen LogP contribution >= 0.6 is 0 Å². The number of aromatic nitrogens is 2. The van der Waals surface area contributed by atoms with Gasteiger partial charge in [0, 0.05) is 5.92 Å². The van der Waals surface area contributed by atoms with Crippen molar-refractivity contribution in [3.05, 3.63) is 47.6 Å². The van der Waals surface area contributed by atoms with E-state index in [4.69, 9.17) is 10.3 Å². The molecule has 0 aliphatic heterocycles. The van der Waals surface area contributed by atoms with Crippen molar-refractivity contribution in [3.8, 4) is 0 Å². The Morgan fingerprint density at radius 1 is 1.29 bits per heavy atom. The molecule has 3 rings (SSSR count). The molecule has 4 nitrogen and oxygen atoms in total. The SMILES string of the molecule is CC1CCC(c2noc([C@@H](N)CCc3ccccc3)n2)C1. The van der Waals surface area contributed by atoms with Gasteiger partial charge in [0.15, 0.2) is 5.82 Å². The van der Waals surface area contributed by atoms with Crippen molar-refractivity contribution in [1.29, 1.82) is 0 Å². The third kappa shape index (κ3) is 3.50. The molecule has 0 radical (unpaired) electrons. The summed E-state index contributed by atoms with van der Waals surface area (Å²) < 4.78 is 5.38. The lowest BCUT2D eigenvalue weighted by Gasteiger charge is -2.06. The first-order valence-corrected chi connectivity index (χ1v) is 7.85. The second-order valence-corrected chi connectivity index (χ2v) is 6.24. The highest BCUT2D eigenvalue weighted by Crippen LogP contribution is 2.36. The lowest BCUT2D eigenvalue weighted by atomic mass is 10.1. The Bertz CT molecular complexity index is 566. The molecule has 1 aliphatic carbocycles. The quantitative estimate of drug-likeness (QED) is 0.911. The van der Waals surface area contributed by atoms with Crippen LogP contribution in [0.5, 0.6) is 0 Å². The monoisotopic (exact) mass is 285 g/mol. The highest BCUT2D eigenvalue weighted by atomic mass is 16.5. The van der Waals surface area contributed by atoms with Crippen molar-refractivity contribution in [1.82, 2.24) is 10.1 Å². The zero-order valence-electron chi connectivity index (χ0n) is 12.5. The van der Waals surface area contributed by atoms with Gasteiger partial charge < -0.3 is 10.3 Å². The summed E-state index contributed by atoms with van der Waals surface area (Å²) in [5, 5.41) is 4.14. The number of hydrogen-bond acceptors (Lipinski definition) is 4. The largest absolute Gasteiger partial charge is 0.338 e. The summed E-state index contributed by atoms with van der Waals surface area (Å²) in [5.41, 5.74) is 7.48. The maximum absolute atomic E-state index is 6.19. The number of benzene rings is 1. The van der Waals surface area contributed by atoms with E-state index >= 15 is 0 Å². The maximum Gasteiger partial charge on any atom is 0.243 e. The van der Waals surface area contributed by atoms with E-state index < -0.39 is 0 Å². The standard InChI is InChI=1S/C17H23N3O/c1-12-7-9-14(11-12)16-19-17(21-20-16)15(18)10-8-13-5-3-2-4-6-13/h2-6,12,14-15H,7-11,18H2,1H3/t12?,14?,15-/m0/s1. The molecule has 2 aromatic rings. The van der Waals surface area contributed by atoms with Crippen LogP contribution in [0.15, 0.2) is 34.9 Å². The van der Waals surface area contributed by atoms with Crippen molar-refractivity contribution in [3.63, 3.8) is 0 Å². The van der Waals surface area contributed by atoms with Crippen LogP contribution in [0.1, 0.15) is 61.8 Å². The third-order valence-electron chi connectivity index (χ3n) is 4.42. The van der Waals surface area contributed by atoms with E-state index in [1.165, 1.54) is 18.4 Å². The minimum Gasteiger partial charge on any atom is -0.338 e. The fraction of sp³-hybridized carbons (Fsp3) is 0.529. The molecule has 0 saturated heterocycles. The molecule has 0 amide bonds. The van der Waals surface area contributed by atoms with Crippen LogP contribution in [0, 0.1) is 5.92 Å². The van der Waals surface area contributed by atoms with Gasteiger partial charge in [-0.3, -0.25) is 0 Å². The van der Waals surface area contributed by atoms with Gasteiger partial charge in [0.25, 0.3) is 0 Å². The number of hydrogen-bond donors (Lipinski definition) is 1. The first-order valence-electron chi connectivity index (χ1n) is 7.85. The van der Waals surface area contributed by atoms with Crippen molar-refractivity contribution in [2.75, 3.05) is 0 Å². The molecule has 1 aromatic heterocycles. The minimum atomic E-state index is -0.176. The smallest absolute Gasteiger partial charge is 0.243 e. The molecule has 2 N–H and O–H groups in total. The van der Waals surface area contributed by atoms with Crippen LogP contribution in [-0.2, 0) is 6.42 Å². The Morgan fingerprint density at radius 3 is 2.81 bits per heavy atom. The van der Waals surface area contributed by atoms with Gasteiger partial charge in [0.05, 0.1) is 6.04 Å². The van der Waals surface area contributed by atoms with Gasteiger partial charge >= 0.3 is 0 Å². The van der Waals surface area contributed by atoms with Gasteiger partial charge in [0.2, 0.25) is 5.89 Å². The average Bonchev–Trinajstić information content (AvgIpc) is 3.14. The highest BCUT2D eigenvalue weighted by molar-refractivity contribution is 5.15. The number of aryl methyl sites for hydroxylation is 1. The molecule has 4 heteroatoms. The molecule has 2 unspecified atom stereocenters. The summed E-state index contributed by atoms with van der Waals surface area (Å²) in [7, 11) is 0. The van der Waals surface area contributed by atoms with E-state index in [0.717, 1.165) is 31.0 Å². The maximum atomic E-state index is 6.19. The second kappa shape index (κ2) is 6.39. The van der Waals surface area contributed by atoms with E-state index in [2.05, 4.69) is 29.2 Å². The Balaban J connectivity index is 1.58. The van der Waals surface area contributed by atoms with E-state index in [1.54, 1.807) is 0 Å². The molecule has 1 aliphatic rings. The van der Waals surface area contributed by atoms with E-state index in [-0.39, 0.29) is 6.04 Å². The number of rotatable bonds is 5. The average molecular weight is 285 g/mol. The van der Waals surface area contributed by atoms with E-state index in [1.807, 2.05) is 18.2 Å². The van der Waals surface area contributed by atoms with Crippen LogP contribution in [-0.4, -0.2) is 10.1 Å². The lowest BCUT2D eigenvalue weighted by Crippen LogP contribution is -2.12. The van der Waals surface area contributed by atoms with Gasteiger partial charge in [-0.15, -0.1) is 0 Å². The van der Waals surface area contributed by atoms with Crippen molar-refractivity contribution < 1.29 is 4.52 Å². The molecule has 1 saturated carbocycles. The van der Waals surface area contributed by atoms with Crippen molar-refractivity contribution in [2.45, 2.75) is 51.0 Å². The molecule has 3 atom stereocenters. The van der Waals surface area contributed by atoms with Crippen molar-refractivity contribution in [2.24, 2.45) is 11.7 Å². The topological polar surface area (TPSA) is 64.9 Å². The van der Waals surface area contributed by atoms with Crippen LogP contribution in [0.2, 0.25) is 0 Å². The molecule has 1 heterocycles. The number of nitrogens with zero attached hydrogens (tertiary/aromatic N) is 2. The Labute approximate surface area is 125 Å². The predicted molar refractivity (Wildman–Crippen MR) is 81.7 cm³/mol. The van der Waals surface area contributed by atoms with Crippen LogP contribution in [0.4, 0.5) is 0 Å². The molecule has 0 bridgehead atoms. The first-order chi connectivity index (χ1) is 10.2. The summed E-state index contributed by atoms with van der Waals surface area (Å²) in [6.45, 7) is 2.28. The third-order valence-corrected chi connectivity index (χ3v) is 4.42. The summed E-state index contributed by atoms with van der Waals surface area (Å²) in [5.74, 6) is 2.66. The Hall–Kier alpha value is -1.68. The van der Waals surface area contributed by atoms with Crippen LogP contribution < -0.4 is 5.73 Å². The molecule has 21 heavy (non-hydrogen) atoms. The second-order valence-electron chi connectivity index (χ2n) is 6.24. The van der Waals surface area contributed by atoms with Crippen LogP contribution in [0.3, 0.4) is 0 Å². The lowest BCUT2D eigenvalue weighted by molar-refractivity contribution is 0.343. The fourth-order valence-corrected chi connectivity index (χ4v) is 3.10. The van der Waals surface area contributed by atoms with E-state index in [0.29, 0.717) is 11.8 Å². The molecule has 0 spiro atoms. The molecular weight excluding hydrogens is 262 g/mol. The highest BCUT2D eigenvalue weighted by Gasteiger charge is 2.27. The zero-order valence-corrected chi connectivity index (χ0v) is 12.5. The molecule has 1 fully saturated rings. The van der Waals surface area contributed by atoms with Crippen LogP contribution in [0.25, 0.3) is 0 Å². The zero-order chi connectivity index (χ0) is 14.7. The predicted octanol–water partition coefficient (Wildman–Crippen LogP) is 3.61. The van der Waals surface area contributed by atoms with Gasteiger partial charge in [-0.25, -0.2) is 0 Å². The normalized spacial score (nSPS) is 23.3. The van der Waals surface area contributed by atoms with Gasteiger partial charge in [-0.05, 0) is 43.6 Å². The molecule has 112 valence electrons. The Morgan fingerprint density at radius 2 is 2.10 bits per heavy atom. The summed E-state index contributed by atoms with van der Waals surface area (Å²) in [4.78, 5) is 4.54. The summed E-state index contributed by atoms with van der Waals surface area (Å²) in [6, 6.07) is 10.2. The Kier molecular flexibility index (Phi) is 4.34. The number of nitrogens with two attached hydrogens (primary N) is 1. The summed E-state index contributed by atoms with van der Waals surface area (Å²) in [6.07, 6.45) is 5.35. The first kappa shape index (κ1) is 14.3. The van der Waals surface area contributed by atoms with Crippen molar-refractivity contribution >= 4 is 0 Å². The molecule has 1 aromatic carbocycles.